The van der Waals surface area contributed by atoms with E-state index in [0.29, 0.717) is 6.61 Å². The summed E-state index contributed by atoms with van der Waals surface area (Å²) in [6, 6.07) is 0. The molecule has 0 aromatic carbocycles. The van der Waals surface area contributed by atoms with Crippen molar-refractivity contribution in [2.45, 2.75) is 96.8 Å². The van der Waals surface area contributed by atoms with Crippen molar-refractivity contribution < 1.29 is 19.1 Å². The van der Waals surface area contributed by atoms with E-state index in [1.165, 1.54) is 83.1 Å². The van der Waals surface area contributed by atoms with E-state index in [0.717, 1.165) is 12.8 Å². The fraction of sp³-hybridized carbons (Fsp3) is 0.818. The van der Waals surface area contributed by atoms with Crippen LogP contribution in [0, 0.1) is 0 Å². The molecule has 0 fully saturated rings. The second-order valence-electron chi connectivity index (χ2n) is 7.06. The van der Waals surface area contributed by atoms with Crippen molar-refractivity contribution in [2.75, 3.05) is 19.8 Å². The zero-order chi connectivity index (χ0) is 20.0. The maximum atomic E-state index is 11.4. The first-order chi connectivity index (χ1) is 13.2. The predicted octanol–water partition coefficient (Wildman–Crippen LogP) is 5.92. The van der Waals surface area contributed by atoms with Gasteiger partial charge in [-0.3, -0.25) is 4.79 Å². The average Bonchev–Trinajstić information content (AvgIpc) is 2.67. The van der Waals surface area contributed by atoms with Crippen LogP contribution in [-0.2, 0) is 14.3 Å². The lowest BCUT2D eigenvalue weighted by atomic mass is 10.0. The molecule has 0 aromatic rings. The van der Waals surface area contributed by atoms with Crippen molar-refractivity contribution in [1.29, 1.82) is 0 Å². The fourth-order valence-corrected chi connectivity index (χ4v) is 2.86. The molecule has 0 rings (SSSR count). The molecule has 5 nitrogen and oxygen atoms in total. The van der Waals surface area contributed by atoms with Gasteiger partial charge >= 0.3 is 12.1 Å². The third-order valence-corrected chi connectivity index (χ3v) is 4.47. The Balaban J connectivity index is 3.21. The van der Waals surface area contributed by atoms with E-state index in [1.54, 1.807) is 0 Å². The molecule has 1 amide bonds. The zero-order valence-corrected chi connectivity index (χ0v) is 17.4. The quantitative estimate of drug-likeness (QED) is 0.171. The summed E-state index contributed by atoms with van der Waals surface area (Å²) >= 11 is 0. The van der Waals surface area contributed by atoms with E-state index in [4.69, 9.17) is 9.47 Å². The van der Waals surface area contributed by atoms with Crippen LogP contribution in [0.5, 0.6) is 0 Å². The highest BCUT2D eigenvalue weighted by molar-refractivity contribution is 5.77. The van der Waals surface area contributed by atoms with Crippen LogP contribution in [0.4, 0.5) is 4.79 Å². The predicted molar refractivity (Wildman–Crippen MR) is 111 cm³/mol. The minimum Gasteiger partial charge on any atom is -0.464 e. The van der Waals surface area contributed by atoms with Gasteiger partial charge in [0.2, 0.25) is 0 Å². The van der Waals surface area contributed by atoms with Crippen LogP contribution in [0.1, 0.15) is 96.8 Å². The third-order valence-electron chi connectivity index (χ3n) is 4.47. The summed E-state index contributed by atoms with van der Waals surface area (Å²) < 4.78 is 9.77. The van der Waals surface area contributed by atoms with Gasteiger partial charge in [0.1, 0.15) is 13.2 Å². The molecule has 27 heavy (non-hydrogen) atoms. The highest BCUT2D eigenvalue weighted by atomic mass is 16.6. The fourth-order valence-electron chi connectivity index (χ4n) is 2.86. The van der Waals surface area contributed by atoms with Gasteiger partial charge in [0.25, 0.3) is 0 Å². The van der Waals surface area contributed by atoms with Crippen molar-refractivity contribution in [1.82, 2.24) is 5.32 Å². The number of hydrogen-bond acceptors (Lipinski definition) is 4. The Hall–Kier alpha value is -1.52. The molecule has 0 aliphatic heterocycles. The lowest BCUT2D eigenvalue weighted by molar-refractivity contribution is -0.142. The molecule has 0 unspecified atom stereocenters. The number of amides is 1. The Morgan fingerprint density at radius 2 is 1.26 bits per heavy atom. The molecule has 5 heteroatoms. The van der Waals surface area contributed by atoms with Crippen LogP contribution >= 0.6 is 0 Å². The SMILES string of the molecule is C=CCOC(=O)NCC(=O)OCCCCCCCCCCCCCCCC. The van der Waals surface area contributed by atoms with Gasteiger partial charge in [-0.15, -0.1) is 0 Å². The maximum absolute atomic E-state index is 11.4. The molecule has 0 bridgehead atoms. The van der Waals surface area contributed by atoms with Gasteiger partial charge in [-0.2, -0.15) is 0 Å². The topological polar surface area (TPSA) is 64.6 Å². The number of nitrogens with one attached hydrogen (secondary N) is 1. The monoisotopic (exact) mass is 383 g/mol. The van der Waals surface area contributed by atoms with Gasteiger partial charge in [0, 0.05) is 0 Å². The number of unbranched alkanes of at least 4 members (excludes halogenated alkanes) is 13. The van der Waals surface area contributed by atoms with Gasteiger partial charge in [0.05, 0.1) is 6.61 Å². The summed E-state index contributed by atoms with van der Waals surface area (Å²) in [7, 11) is 0. The van der Waals surface area contributed by atoms with E-state index < -0.39 is 12.1 Å². The molecule has 0 saturated heterocycles. The average molecular weight is 384 g/mol. The third kappa shape index (κ3) is 20.6. The molecule has 0 saturated carbocycles. The first-order valence-corrected chi connectivity index (χ1v) is 10.9. The summed E-state index contributed by atoms with van der Waals surface area (Å²) in [5, 5.41) is 2.34. The minimum atomic E-state index is -0.636. The lowest BCUT2D eigenvalue weighted by Gasteiger charge is -2.06. The molecule has 0 heterocycles. The second-order valence-corrected chi connectivity index (χ2v) is 7.06. The van der Waals surface area contributed by atoms with Crippen molar-refractivity contribution in [3.8, 4) is 0 Å². The minimum absolute atomic E-state index is 0.125. The van der Waals surface area contributed by atoms with Crippen molar-refractivity contribution >= 4 is 12.1 Å². The number of carbonyl (C=O) groups excluding carboxylic acids is 2. The first kappa shape index (κ1) is 25.5. The van der Waals surface area contributed by atoms with E-state index in [-0.39, 0.29) is 13.2 Å². The Kier molecular flexibility index (Phi) is 19.6. The molecule has 0 aliphatic carbocycles. The Morgan fingerprint density at radius 3 is 1.74 bits per heavy atom. The van der Waals surface area contributed by atoms with Crippen LogP contribution in [0.15, 0.2) is 12.7 Å². The summed E-state index contributed by atoms with van der Waals surface area (Å²) in [5.74, 6) is -0.430. The van der Waals surface area contributed by atoms with Crippen LogP contribution < -0.4 is 5.32 Å². The normalized spacial score (nSPS) is 10.4. The second kappa shape index (κ2) is 20.8. The van der Waals surface area contributed by atoms with Crippen LogP contribution in [0.2, 0.25) is 0 Å². The number of carbonyl (C=O) groups is 2. The van der Waals surface area contributed by atoms with E-state index in [9.17, 15) is 9.59 Å². The first-order valence-electron chi connectivity index (χ1n) is 10.9. The zero-order valence-electron chi connectivity index (χ0n) is 17.4. The highest BCUT2D eigenvalue weighted by Crippen LogP contribution is 2.12. The standard InChI is InChI=1S/C22H41NO4/c1-3-5-6-7-8-9-10-11-12-13-14-15-16-17-19-26-21(24)20-23-22(25)27-18-4-2/h4H,2-3,5-20H2,1H3,(H,23,25). The van der Waals surface area contributed by atoms with Gasteiger partial charge in [-0.05, 0) is 6.42 Å². The summed E-state index contributed by atoms with van der Waals surface area (Å²) in [4.78, 5) is 22.6. The van der Waals surface area contributed by atoms with Gasteiger partial charge < -0.3 is 14.8 Å². The van der Waals surface area contributed by atoms with Crippen LogP contribution in [0.3, 0.4) is 0 Å². The summed E-state index contributed by atoms with van der Waals surface area (Å²) in [6.07, 6.45) is 19.0. The number of ether oxygens (including phenoxy) is 2. The largest absolute Gasteiger partial charge is 0.464 e. The maximum Gasteiger partial charge on any atom is 0.407 e. The molecule has 1 N–H and O–H groups in total. The Labute approximate surface area is 166 Å². The lowest BCUT2D eigenvalue weighted by Crippen LogP contribution is -2.31. The van der Waals surface area contributed by atoms with E-state index in [2.05, 4.69) is 18.8 Å². The summed E-state index contributed by atoms with van der Waals surface area (Å²) in [5.41, 5.74) is 0. The smallest absolute Gasteiger partial charge is 0.407 e. The molecule has 158 valence electrons. The number of esters is 1. The molecule has 0 aromatic heterocycles. The Bertz CT molecular complexity index is 371. The summed E-state index contributed by atoms with van der Waals surface area (Å²) in [6.45, 7) is 6.08. The number of alkyl carbamates (subject to hydrolysis) is 1. The molecule has 0 atom stereocenters. The van der Waals surface area contributed by atoms with Crippen LogP contribution in [-0.4, -0.2) is 31.8 Å². The molecule has 0 spiro atoms. The van der Waals surface area contributed by atoms with Gasteiger partial charge in [-0.1, -0.05) is 103 Å². The highest BCUT2D eigenvalue weighted by Gasteiger charge is 2.06. The van der Waals surface area contributed by atoms with E-state index >= 15 is 0 Å². The molecular weight excluding hydrogens is 342 g/mol. The van der Waals surface area contributed by atoms with Crippen molar-refractivity contribution in [3.05, 3.63) is 12.7 Å². The molecule has 0 radical (unpaired) electrons. The Morgan fingerprint density at radius 1 is 0.778 bits per heavy atom. The van der Waals surface area contributed by atoms with Crippen molar-refractivity contribution in [3.63, 3.8) is 0 Å². The van der Waals surface area contributed by atoms with Crippen LogP contribution in [0.25, 0.3) is 0 Å². The van der Waals surface area contributed by atoms with E-state index in [1.807, 2.05) is 0 Å². The number of hydrogen-bond donors (Lipinski definition) is 1. The van der Waals surface area contributed by atoms with Crippen molar-refractivity contribution in [2.24, 2.45) is 0 Å². The van der Waals surface area contributed by atoms with Gasteiger partial charge in [-0.25, -0.2) is 4.79 Å². The van der Waals surface area contributed by atoms with Gasteiger partial charge in [0.15, 0.2) is 0 Å². The molecular formula is C22H41NO4. The molecule has 0 aliphatic rings. The number of rotatable bonds is 19.